The Balaban J connectivity index is 1.82. The average molecular weight is 399 g/mol. The minimum absolute atomic E-state index is 0.125. The first kappa shape index (κ1) is 19.7. The van der Waals surface area contributed by atoms with Gasteiger partial charge in [-0.05, 0) is 24.3 Å². The maximum Gasteiger partial charge on any atom is 0.316 e. The molecule has 2 aromatic rings. The Morgan fingerprint density at radius 1 is 1.27 bits per heavy atom. The van der Waals surface area contributed by atoms with Crippen LogP contribution in [0.15, 0.2) is 47.4 Å². The normalized spacial score (nSPS) is 10.2. The largest absolute Gasteiger partial charge is 0.455 e. The number of anilines is 1. The van der Waals surface area contributed by atoms with E-state index in [0.717, 1.165) is 17.8 Å². The molecule has 0 unspecified atom stereocenters. The lowest BCUT2D eigenvalue weighted by Gasteiger charge is -2.08. The predicted molar refractivity (Wildman–Crippen MR) is 94.8 cm³/mol. The number of benzene rings is 2. The van der Waals surface area contributed by atoms with Crippen LogP contribution in [0.4, 0.5) is 15.8 Å². The number of nitro groups is 1. The molecule has 0 heterocycles. The average Bonchev–Trinajstić information content (AvgIpc) is 2.61. The third-order valence-corrected chi connectivity index (χ3v) is 4.25. The van der Waals surface area contributed by atoms with E-state index < -0.39 is 29.2 Å². The van der Waals surface area contributed by atoms with E-state index in [-0.39, 0.29) is 22.2 Å². The topological polar surface area (TPSA) is 98.5 Å². The van der Waals surface area contributed by atoms with Gasteiger partial charge < -0.3 is 10.1 Å². The van der Waals surface area contributed by atoms with E-state index >= 15 is 0 Å². The highest BCUT2D eigenvalue weighted by atomic mass is 35.5. The lowest BCUT2D eigenvalue weighted by atomic mass is 10.3. The molecule has 0 atom stereocenters. The molecule has 0 saturated heterocycles. The number of esters is 1. The molecule has 136 valence electrons. The van der Waals surface area contributed by atoms with Crippen LogP contribution in [-0.2, 0) is 14.3 Å². The van der Waals surface area contributed by atoms with Gasteiger partial charge in [-0.25, -0.2) is 4.39 Å². The zero-order valence-corrected chi connectivity index (χ0v) is 14.7. The van der Waals surface area contributed by atoms with Crippen LogP contribution in [0.2, 0.25) is 5.02 Å². The molecule has 0 bridgehead atoms. The van der Waals surface area contributed by atoms with Crippen molar-refractivity contribution in [2.75, 3.05) is 17.7 Å². The molecule has 0 radical (unpaired) electrons. The van der Waals surface area contributed by atoms with Gasteiger partial charge in [0.05, 0.1) is 21.3 Å². The number of carbonyl (C=O) groups is 2. The van der Waals surface area contributed by atoms with Crippen molar-refractivity contribution in [3.05, 3.63) is 63.4 Å². The molecule has 0 aliphatic rings. The van der Waals surface area contributed by atoms with Crippen LogP contribution in [0.1, 0.15) is 0 Å². The van der Waals surface area contributed by atoms with Gasteiger partial charge in [0.2, 0.25) is 0 Å². The summed E-state index contributed by atoms with van der Waals surface area (Å²) in [5.41, 5.74) is -0.257. The minimum Gasteiger partial charge on any atom is -0.455 e. The summed E-state index contributed by atoms with van der Waals surface area (Å²) < 4.78 is 18.3. The first-order valence-electron chi connectivity index (χ1n) is 7.13. The fourth-order valence-electron chi connectivity index (χ4n) is 1.83. The van der Waals surface area contributed by atoms with Gasteiger partial charge in [0.25, 0.3) is 11.6 Å². The van der Waals surface area contributed by atoms with Crippen LogP contribution in [0.5, 0.6) is 0 Å². The van der Waals surface area contributed by atoms with Gasteiger partial charge >= 0.3 is 5.97 Å². The van der Waals surface area contributed by atoms with Gasteiger partial charge in [-0.1, -0.05) is 23.7 Å². The van der Waals surface area contributed by atoms with Crippen LogP contribution in [0.25, 0.3) is 0 Å². The van der Waals surface area contributed by atoms with Gasteiger partial charge in [-0.15, -0.1) is 11.8 Å². The highest BCUT2D eigenvalue weighted by Gasteiger charge is 2.16. The molecule has 0 saturated carbocycles. The number of para-hydroxylation sites is 1. The number of nitrogens with one attached hydrogen (secondary N) is 1. The lowest BCUT2D eigenvalue weighted by Crippen LogP contribution is -2.22. The highest BCUT2D eigenvalue weighted by molar-refractivity contribution is 8.00. The van der Waals surface area contributed by atoms with E-state index in [1.807, 2.05) is 0 Å². The fourth-order valence-corrected chi connectivity index (χ4v) is 2.83. The second-order valence-electron chi connectivity index (χ2n) is 4.85. The molecular formula is C16H12ClFN2O5S. The molecule has 1 N–H and O–H groups in total. The Morgan fingerprint density at radius 3 is 2.73 bits per heavy atom. The Labute approximate surface area is 156 Å². The number of amides is 1. The third-order valence-electron chi connectivity index (χ3n) is 2.97. The molecule has 7 nitrogen and oxygen atoms in total. The lowest BCUT2D eigenvalue weighted by molar-refractivity contribution is -0.387. The number of nitro benzene ring substituents is 1. The first-order valence-corrected chi connectivity index (χ1v) is 8.50. The van der Waals surface area contributed by atoms with Crippen LogP contribution in [0, 0.1) is 15.9 Å². The molecule has 2 rings (SSSR count). The first-order chi connectivity index (χ1) is 12.4. The van der Waals surface area contributed by atoms with Crippen molar-refractivity contribution in [2.24, 2.45) is 0 Å². The quantitative estimate of drug-likeness (QED) is 0.331. The summed E-state index contributed by atoms with van der Waals surface area (Å²) >= 11 is 6.63. The maximum atomic E-state index is 13.5. The Hall–Kier alpha value is -2.65. The Bertz CT molecular complexity index is 849. The molecule has 0 aliphatic carbocycles. The summed E-state index contributed by atoms with van der Waals surface area (Å²) in [6, 6.07) is 9.58. The van der Waals surface area contributed by atoms with Crippen LogP contribution < -0.4 is 5.32 Å². The minimum atomic E-state index is -0.741. The molecule has 10 heteroatoms. The summed E-state index contributed by atoms with van der Waals surface area (Å²) in [5.74, 6) is -2.38. The summed E-state index contributed by atoms with van der Waals surface area (Å²) in [4.78, 5) is 34.0. The number of carbonyl (C=O) groups excluding carboxylic acids is 2. The summed E-state index contributed by atoms with van der Waals surface area (Å²) in [6.07, 6.45) is 0. The van der Waals surface area contributed by atoms with Crippen molar-refractivity contribution in [3.8, 4) is 0 Å². The van der Waals surface area contributed by atoms with E-state index in [1.54, 1.807) is 6.07 Å². The zero-order chi connectivity index (χ0) is 19.1. The van der Waals surface area contributed by atoms with Gasteiger partial charge in [-0.3, -0.25) is 19.7 Å². The number of hydrogen-bond acceptors (Lipinski definition) is 6. The summed E-state index contributed by atoms with van der Waals surface area (Å²) in [6.45, 7) is -0.623. The van der Waals surface area contributed by atoms with Gasteiger partial charge in [0, 0.05) is 11.1 Å². The second-order valence-corrected chi connectivity index (χ2v) is 6.30. The summed E-state index contributed by atoms with van der Waals surface area (Å²) in [7, 11) is 0. The van der Waals surface area contributed by atoms with E-state index in [4.69, 9.17) is 16.3 Å². The van der Waals surface area contributed by atoms with Gasteiger partial charge in [0.1, 0.15) is 5.82 Å². The second kappa shape index (κ2) is 9.16. The van der Waals surface area contributed by atoms with E-state index in [0.29, 0.717) is 4.90 Å². The predicted octanol–water partition coefficient (Wildman–Crippen LogP) is 3.66. The number of halogens is 2. The zero-order valence-electron chi connectivity index (χ0n) is 13.1. The van der Waals surface area contributed by atoms with E-state index in [9.17, 15) is 24.1 Å². The number of thioether (sulfide) groups is 1. The molecule has 0 fully saturated rings. The van der Waals surface area contributed by atoms with Crippen molar-refractivity contribution in [1.82, 2.24) is 0 Å². The molecule has 0 aromatic heterocycles. The fraction of sp³-hybridized carbons (Fsp3) is 0.125. The Kier molecular flexibility index (Phi) is 6.93. The molecular weight excluding hydrogens is 387 g/mol. The maximum absolute atomic E-state index is 13.5. The number of hydrogen-bond donors (Lipinski definition) is 1. The monoisotopic (exact) mass is 398 g/mol. The number of ether oxygens (including phenoxy) is 1. The van der Waals surface area contributed by atoms with Crippen molar-refractivity contribution >= 4 is 46.6 Å². The Morgan fingerprint density at radius 2 is 2.00 bits per heavy atom. The van der Waals surface area contributed by atoms with E-state index in [2.05, 4.69) is 5.32 Å². The third kappa shape index (κ3) is 5.71. The molecule has 0 aliphatic heterocycles. The van der Waals surface area contributed by atoms with Gasteiger partial charge in [0.15, 0.2) is 6.61 Å². The summed E-state index contributed by atoms with van der Waals surface area (Å²) in [5, 5.41) is 13.4. The number of nitrogens with zero attached hydrogens (tertiary/aromatic N) is 1. The van der Waals surface area contributed by atoms with Gasteiger partial charge in [-0.2, -0.15) is 0 Å². The number of rotatable bonds is 7. The molecule has 1 amide bonds. The standard InChI is InChI=1S/C16H12ClFN2O5S/c17-10-5-6-11(18)12(7-10)19-15(21)8-25-16(22)9-26-14-4-2-1-3-13(14)20(23)24/h1-7H,8-9H2,(H,19,21). The van der Waals surface area contributed by atoms with Crippen molar-refractivity contribution in [1.29, 1.82) is 0 Å². The molecule has 26 heavy (non-hydrogen) atoms. The van der Waals surface area contributed by atoms with Crippen molar-refractivity contribution in [3.63, 3.8) is 0 Å². The molecule has 0 spiro atoms. The smallest absolute Gasteiger partial charge is 0.316 e. The van der Waals surface area contributed by atoms with Crippen molar-refractivity contribution < 1.29 is 23.6 Å². The van der Waals surface area contributed by atoms with E-state index in [1.165, 1.54) is 30.3 Å². The van der Waals surface area contributed by atoms with Crippen molar-refractivity contribution in [2.45, 2.75) is 4.90 Å². The van der Waals surface area contributed by atoms with Crippen LogP contribution in [-0.4, -0.2) is 29.2 Å². The molecule has 2 aromatic carbocycles. The van der Waals surface area contributed by atoms with Crippen LogP contribution in [0.3, 0.4) is 0 Å². The SMILES string of the molecule is O=C(COC(=O)CSc1ccccc1[N+](=O)[O-])Nc1cc(Cl)ccc1F. The highest BCUT2D eigenvalue weighted by Crippen LogP contribution is 2.28. The van der Waals surface area contributed by atoms with Crippen LogP contribution >= 0.6 is 23.4 Å².